The van der Waals surface area contributed by atoms with Crippen LogP contribution >= 0.6 is 11.3 Å². The summed E-state index contributed by atoms with van der Waals surface area (Å²) in [7, 11) is -3.57. The number of piperidine rings is 1. The largest absolute Gasteiger partial charge is 0.480 e. The van der Waals surface area contributed by atoms with E-state index in [-0.39, 0.29) is 9.09 Å². The van der Waals surface area contributed by atoms with Crippen LogP contribution in [0.25, 0.3) is 0 Å². The van der Waals surface area contributed by atoms with E-state index in [1.54, 1.807) is 0 Å². The van der Waals surface area contributed by atoms with Crippen molar-refractivity contribution >= 4 is 33.2 Å². The normalized spacial score (nSPS) is 17.3. The Bertz CT molecular complexity index is 660. The van der Waals surface area contributed by atoms with Crippen LogP contribution in [0.5, 0.6) is 0 Å². The number of nitrogens with one attached hydrogen (secondary N) is 1. The number of carbonyl (C=O) groups excluding carboxylic acids is 1. The van der Waals surface area contributed by atoms with Crippen molar-refractivity contribution in [1.29, 1.82) is 0 Å². The second-order valence-corrected chi connectivity index (χ2v) is 8.53. The lowest BCUT2D eigenvalue weighted by Gasteiger charge is -2.28. The lowest BCUT2D eigenvalue weighted by Crippen LogP contribution is -2.37. The fraction of sp³-hybridized carbons (Fsp3) is 0.538. The fourth-order valence-corrected chi connectivity index (χ4v) is 5.02. The van der Waals surface area contributed by atoms with Gasteiger partial charge in [0.25, 0.3) is 15.9 Å². The SMILES string of the molecule is CC1CCN(S(=O)(=O)c2ccc(C(=O)NCC(=O)O)s2)CC1. The molecule has 7 nitrogen and oxygen atoms in total. The number of thiophene rings is 1. The van der Waals surface area contributed by atoms with E-state index in [1.807, 2.05) is 0 Å². The molecule has 122 valence electrons. The van der Waals surface area contributed by atoms with Crippen LogP contribution in [-0.2, 0) is 14.8 Å². The minimum atomic E-state index is -3.57. The van der Waals surface area contributed by atoms with E-state index in [0.717, 1.165) is 24.2 Å². The summed E-state index contributed by atoms with van der Waals surface area (Å²) in [6, 6.07) is 2.80. The van der Waals surface area contributed by atoms with Crippen molar-refractivity contribution in [2.45, 2.75) is 24.0 Å². The van der Waals surface area contributed by atoms with Crippen molar-refractivity contribution < 1.29 is 23.1 Å². The Labute approximate surface area is 133 Å². The summed E-state index contributed by atoms with van der Waals surface area (Å²) in [5.41, 5.74) is 0. The molecule has 2 N–H and O–H groups in total. The Morgan fingerprint density at radius 3 is 2.59 bits per heavy atom. The maximum atomic E-state index is 12.5. The first-order valence-corrected chi connectivity index (χ1v) is 9.16. The molecule has 0 unspecified atom stereocenters. The van der Waals surface area contributed by atoms with Crippen LogP contribution in [0.2, 0.25) is 0 Å². The number of amides is 1. The van der Waals surface area contributed by atoms with E-state index in [0.29, 0.717) is 19.0 Å². The molecule has 1 aromatic heterocycles. The van der Waals surface area contributed by atoms with E-state index in [9.17, 15) is 18.0 Å². The molecule has 0 spiro atoms. The van der Waals surface area contributed by atoms with Crippen LogP contribution in [-0.4, -0.2) is 49.3 Å². The second kappa shape index (κ2) is 6.76. The molecule has 2 rings (SSSR count). The molecule has 0 aromatic carbocycles. The molecule has 1 saturated heterocycles. The van der Waals surface area contributed by atoms with Gasteiger partial charge in [-0.2, -0.15) is 4.31 Å². The topological polar surface area (TPSA) is 104 Å². The Hall–Kier alpha value is -1.45. The number of carboxylic acid groups (broad SMARTS) is 1. The highest BCUT2D eigenvalue weighted by Gasteiger charge is 2.29. The van der Waals surface area contributed by atoms with Crippen LogP contribution in [0, 0.1) is 5.92 Å². The van der Waals surface area contributed by atoms with Gasteiger partial charge in [-0.1, -0.05) is 6.92 Å². The smallest absolute Gasteiger partial charge is 0.322 e. The first-order chi connectivity index (χ1) is 10.3. The van der Waals surface area contributed by atoms with E-state index < -0.39 is 28.4 Å². The summed E-state index contributed by atoms with van der Waals surface area (Å²) < 4.78 is 26.6. The van der Waals surface area contributed by atoms with Crippen LogP contribution in [0.15, 0.2) is 16.3 Å². The molecule has 1 fully saturated rings. The number of hydrogen-bond acceptors (Lipinski definition) is 5. The van der Waals surface area contributed by atoms with Gasteiger partial charge in [0.2, 0.25) is 0 Å². The molecule has 1 aliphatic heterocycles. The molecular weight excluding hydrogens is 328 g/mol. The third-order valence-corrected chi connectivity index (χ3v) is 6.99. The van der Waals surface area contributed by atoms with E-state index in [2.05, 4.69) is 12.2 Å². The molecule has 22 heavy (non-hydrogen) atoms. The number of carbonyl (C=O) groups is 2. The predicted octanol–water partition coefficient (Wildman–Crippen LogP) is 0.983. The minimum absolute atomic E-state index is 0.113. The third kappa shape index (κ3) is 3.84. The van der Waals surface area contributed by atoms with Crippen molar-refractivity contribution in [3.05, 3.63) is 17.0 Å². The first kappa shape index (κ1) is 16.9. The Kier molecular flexibility index (Phi) is 5.20. The molecule has 0 aliphatic carbocycles. The summed E-state index contributed by atoms with van der Waals surface area (Å²) in [5, 5.41) is 10.7. The molecule has 0 radical (unpaired) electrons. The summed E-state index contributed by atoms with van der Waals surface area (Å²) in [5.74, 6) is -1.21. The van der Waals surface area contributed by atoms with Crippen LogP contribution < -0.4 is 5.32 Å². The lowest BCUT2D eigenvalue weighted by atomic mass is 10.0. The molecule has 0 atom stereocenters. The summed E-state index contributed by atoms with van der Waals surface area (Å²) in [6.45, 7) is 2.58. The number of aliphatic carboxylic acids is 1. The average molecular weight is 346 g/mol. The number of rotatable bonds is 5. The molecule has 2 heterocycles. The van der Waals surface area contributed by atoms with Crippen molar-refractivity contribution in [2.24, 2.45) is 5.92 Å². The monoisotopic (exact) mass is 346 g/mol. The average Bonchev–Trinajstić information content (AvgIpc) is 2.95. The van der Waals surface area contributed by atoms with Crippen molar-refractivity contribution in [2.75, 3.05) is 19.6 Å². The predicted molar refractivity (Wildman–Crippen MR) is 81.4 cm³/mol. The van der Waals surface area contributed by atoms with Gasteiger partial charge in [-0.25, -0.2) is 8.42 Å². The summed E-state index contributed by atoms with van der Waals surface area (Å²) in [6.07, 6.45) is 1.66. The standard InChI is InChI=1S/C13H18N2O5S2/c1-9-4-6-15(7-5-9)22(19,20)12-3-2-10(21-12)13(18)14-8-11(16)17/h2-3,9H,4-8H2,1H3,(H,14,18)(H,16,17). The Morgan fingerprint density at radius 2 is 2.00 bits per heavy atom. The second-order valence-electron chi connectivity index (χ2n) is 5.28. The number of sulfonamides is 1. The third-order valence-electron chi connectivity index (χ3n) is 3.54. The van der Waals surface area contributed by atoms with Crippen molar-refractivity contribution in [1.82, 2.24) is 9.62 Å². The zero-order valence-corrected chi connectivity index (χ0v) is 13.7. The van der Waals surface area contributed by atoms with Gasteiger partial charge >= 0.3 is 5.97 Å². The molecule has 0 bridgehead atoms. The molecule has 0 saturated carbocycles. The van der Waals surface area contributed by atoms with E-state index in [4.69, 9.17) is 5.11 Å². The first-order valence-electron chi connectivity index (χ1n) is 6.90. The van der Waals surface area contributed by atoms with Gasteiger partial charge in [0.1, 0.15) is 10.8 Å². The van der Waals surface area contributed by atoms with Gasteiger partial charge in [-0.05, 0) is 30.9 Å². The van der Waals surface area contributed by atoms with Gasteiger partial charge in [0, 0.05) is 13.1 Å². The highest BCUT2D eigenvalue weighted by molar-refractivity contribution is 7.91. The maximum Gasteiger partial charge on any atom is 0.322 e. The van der Waals surface area contributed by atoms with Gasteiger partial charge in [0.05, 0.1) is 4.88 Å². The van der Waals surface area contributed by atoms with Crippen molar-refractivity contribution in [3.8, 4) is 0 Å². The van der Waals surface area contributed by atoms with E-state index in [1.165, 1.54) is 16.4 Å². The molecule has 1 aliphatic rings. The number of nitrogens with zero attached hydrogens (tertiary/aromatic N) is 1. The number of carboxylic acids is 1. The van der Waals surface area contributed by atoms with Gasteiger partial charge < -0.3 is 10.4 Å². The molecule has 1 aromatic rings. The van der Waals surface area contributed by atoms with Crippen LogP contribution in [0.1, 0.15) is 29.4 Å². The van der Waals surface area contributed by atoms with Crippen LogP contribution in [0.4, 0.5) is 0 Å². The lowest BCUT2D eigenvalue weighted by molar-refractivity contribution is -0.135. The highest BCUT2D eigenvalue weighted by atomic mass is 32.2. The van der Waals surface area contributed by atoms with Crippen LogP contribution in [0.3, 0.4) is 0 Å². The quantitative estimate of drug-likeness (QED) is 0.827. The summed E-state index contributed by atoms with van der Waals surface area (Å²) >= 11 is 0.859. The van der Waals surface area contributed by atoms with Gasteiger partial charge in [-0.15, -0.1) is 11.3 Å². The molecular formula is C13H18N2O5S2. The number of hydrogen-bond donors (Lipinski definition) is 2. The zero-order valence-electron chi connectivity index (χ0n) is 12.1. The minimum Gasteiger partial charge on any atom is -0.480 e. The van der Waals surface area contributed by atoms with Gasteiger partial charge in [0.15, 0.2) is 0 Å². The fourth-order valence-electron chi connectivity index (χ4n) is 2.18. The van der Waals surface area contributed by atoms with Gasteiger partial charge in [-0.3, -0.25) is 9.59 Å². The zero-order chi connectivity index (χ0) is 16.3. The van der Waals surface area contributed by atoms with E-state index >= 15 is 0 Å². The Morgan fingerprint density at radius 1 is 1.36 bits per heavy atom. The maximum absolute atomic E-state index is 12.5. The Balaban J connectivity index is 2.09. The summed E-state index contributed by atoms with van der Waals surface area (Å²) in [4.78, 5) is 22.3. The molecule has 1 amide bonds. The van der Waals surface area contributed by atoms with Crippen molar-refractivity contribution in [3.63, 3.8) is 0 Å². The highest BCUT2D eigenvalue weighted by Crippen LogP contribution is 2.28. The molecule has 9 heteroatoms.